The Morgan fingerprint density at radius 2 is 1.67 bits per heavy atom. The molecule has 0 bridgehead atoms. The predicted octanol–water partition coefficient (Wildman–Crippen LogP) is 2.79. The molecule has 1 saturated heterocycles. The molecule has 2 rings (SSSR count). The second-order valence-electron chi connectivity index (χ2n) is 8.13. The fraction of sp³-hybridized carbons (Fsp3) is 0.650. The molecule has 1 heterocycles. The molecule has 0 saturated carbocycles. The van der Waals surface area contributed by atoms with Gasteiger partial charge < -0.3 is 10.6 Å². The molecule has 1 fully saturated rings. The van der Waals surface area contributed by atoms with Gasteiger partial charge in [-0.15, -0.1) is 0 Å². The number of carbonyl (C=O) groups is 1. The summed E-state index contributed by atoms with van der Waals surface area (Å²) in [6, 6.07) is 7.87. The highest BCUT2D eigenvalue weighted by Gasteiger charge is 2.42. The minimum Gasteiger partial charge on any atom is -0.324 e. The van der Waals surface area contributed by atoms with Crippen LogP contribution in [-0.2, 0) is 14.8 Å². The van der Waals surface area contributed by atoms with E-state index in [1.54, 1.807) is 7.05 Å². The van der Waals surface area contributed by atoms with Crippen LogP contribution in [0.25, 0.3) is 0 Å². The standard InChI is InChI=1S/C20H33N3O3S/c1-15(2)14-27(25,26)23-12-10-20(21-5,11-13-23)19(24)22-18-8-6-17(7-9-18)16(3)4/h6-9,15-16,21H,10-14H2,1-5H3,(H,22,24). The number of piperidine rings is 1. The van der Waals surface area contributed by atoms with Crippen molar-refractivity contribution in [2.24, 2.45) is 5.92 Å². The summed E-state index contributed by atoms with van der Waals surface area (Å²) in [5.41, 5.74) is 1.23. The molecule has 2 N–H and O–H groups in total. The third-order valence-electron chi connectivity index (χ3n) is 5.26. The van der Waals surface area contributed by atoms with Gasteiger partial charge in [0.05, 0.1) is 5.75 Å². The van der Waals surface area contributed by atoms with Gasteiger partial charge in [0.15, 0.2) is 0 Å². The Kier molecular flexibility index (Phi) is 7.05. The minimum atomic E-state index is -3.26. The summed E-state index contributed by atoms with van der Waals surface area (Å²) in [5.74, 6) is 0.565. The molecule has 1 aromatic carbocycles. The third kappa shape index (κ3) is 5.30. The predicted molar refractivity (Wildman–Crippen MR) is 110 cm³/mol. The second kappa shape index (κ2) is 8.71. The highest BCUT2D eigenvalue weighted by molar-refractivity contribution is 7.89. The number of likely N-dealkylation sites (N-methyl/N-ethyl adjacent to an activating group) is 1. The molecule has 27 heavy (non-hydrogen) atoms. The van der Waals surface area contributed by atoms with Crippen LogP contribution in [0.3, 0.4) is 0 Å². The number of nitrogens with one attached hydrogen (secondary N) is 2. The second-order valence-corrected chi connectivity index (χ2v) is 10.1. The number of benzene rings is 1. The number of amides is 1. The van der Waals surface area contributed by atoms with E-state index in [0.29, 0.717) is 31.8 Å². The van der Waals surface area contributed by atoms with Crippen molar-refractivity contribution in [2.45, 2.75) is 52.0 Å². The smallest absolute Gasteiger partial charge is 0.244 e. The molecule has 0 spiro atoms. The van der Waals surface area contributed by atoms with Crippen LogP contribution in [0.4, 0.5) is 5.69 Å². The lowest BCUT2D eigenvalue weighted by molar-refractivity contribution is -0.123. The maximum Gasteiger partial charge on any atom is 0.244 e. The van der Waals surface area contributed by atoms with Crippen molar-refractivity contribution in [3.63, 3.8) is 0 Å². The molecule has 0 aromatic heterocycles. The number of carbonyl (C=O) groups excluding carboxylic acids is 1. The zero-order valence-electron chi connectivity index (χ0n) is 17.1. The Morgan fingerprint density at radius 3 is 2.11 bits per heavy atom. The fourth-order valence-corrected chi connectivity index (χ4v) is 5.26. The maximum absolute atomic E-state index is 12.9. The van der Waals surface area contributed by atoms with E-state index in [4.69, 9.17) is 0 Å². The summed E-state index contributed by atoms with van der Waals surface area (Å²) in [7, 11) is -1.50. The number of anilines is 1. The van der Waals surface area contributed by atoms with Crippen LogP contribution in [0.1, 0.15) is 52.0 Å². The summed E-state index contributed by atoms with van der Waals surface area (Å²) >= 11 is 0. The van der Waals surface area contributed by atoms with E-state index in [1.807, 2.05) is 38.1 Å². The van der Waals surface area contributed by atoms with Crippen LogP contribution in [0.15, 0.2) is 24.3 Å². The quantitative estimate of drug-likeness (QED) is 0.744. The first-order chi connectivity index (χ1) is 12.6. The molecule has 1 aliphatic rings. The zero-order chi connectivity index (χ0) is 20.2. The minimum absolute atomic E-state index is 0.0862. The van der Waals surface area contributed by atoms with Crippen LogP contribution in [0, 0.1) is 5.92 Å². The Morgan fingerprint density at radius 1 is 1.11 bits per heavy atom. The molecule has 0 unspecified atom stereocenters. The molecule has 1 amide bonds. The molecule has 7 heteroatoms. The lowest BCUT2D eigenvalue weighted by Gasteiger charge is -2.40. The molecule has 1 aliphatic heterocycles. The Hall–Kier alpha value is -1.44. The van der Waals surface area contributed by atoms with Gasteiger partial charge in [-0.05, 0) is 49.4 Å². The van der Waals surface area contributed by atoms with Gasteiger partial charge in [-0.3, -0.25) is 4.79 Å². The van der Waals surface area contributed by atoms with Gasteiger partial charge in [-0.1, -0.05) is 39.8 Å². The van der Waals surface area contributed by atoms with Gasteiger partial charge >= 0.3 is 0 Å². The fourth-order valence-electron chi connectivity index (χ4n) is 3.47. The molecule has 152 valence electrons. The SMILES string of the molecule is CNC1(C(=O)Nc2ccc(C(C)C)cc2)CCN(S(=O)(=O)CC(C)C)CC1. The highest BCUT2D eigenvalue weighted by atomic mass is 32.2. The first-order valence-corrected chi connectivity index (χ1v) is 11.3. The topological polar surface area (TPSA) is 78.5 Å². The molecule has 1 aromatic rings. The summed E-state index contributed by atoms with van der Waals surface area (Å²) in [5, 5.41) is 6.13. The van der Waals surface area contributed by atoms with Gasteiger partial charge in [-0.2, -0.15) is 0 Å². The first kappa shape index (κ1) is 21.9. The number of hydrogen-bond acceptors (Lipinski definition) is 4. The van der Waals surface area contributed by atoms with Gasteiger partial charge in [0.25, 0.3) is 0 Å². The molecule has 0 atom stereocenters. The summed E-state index contributed by atoms with van der Waals surface area (Å²) < 4.78 is 26.4. The maximum atomic E-state index is 12.9. The van der Waals surface area contributed by atoms with Crippen LogP contribution < -0.4 is 10.6 Å². The van der Waals surface area contributed by atoms with E-state index in [0.717, 1.165) is 5.69 Å². The molecule has 6 nitrogen and oxygen atoms in total. The van der Waals surface area contributed by atoms with E-state index in [9.17, 15) is 13.2 Å². The Balaban J connectivity index is 2.04. The lowest BCUT2D eigenvalue weighted by Crippen LogP contribution is -2.60. The number of rotatable bonds is 7. The van der Waals surface area contributed by atoms with Gasteiger partial charge in [-0.25, -0.2) is 12.7 Å². The van der Waals surface area contributed by atoms with E-state index >= 15 is 0 Å². The average molecular weight is 396 g/mol. The molecular formula is C20H33N3O3S. The van der Waals surface area contributed by atoms with Gasteiger partial charge in [0.1, 0.15) is 5.54 Å². The van der Waals surface area contributed by atoms with Crippen molar-refractivity contribution < 1.29 is 13.2 Å². The van der Waals surface area contributed by atoms with E-state index < -0.39 is 15.6 Å². The van der Waals surface area contributed by atoms with E-state index in [-0.39, 0.29) is 17.6 Å². The average Bonchev–Trinajstić information content (AvgIpc) is 2.61. The van der Waals surface area contributed by atoms with Crippen LogP contribution in [0.2, 0.25) is 0 Å². The molecule has 0 radical (unpaired) electrons. The molecule has 0 aliphatic carbocycles. The normalized spacial score (nSPS) is 18.0. The van der Waals surface area contributed by atoms with Crippen LogP contribution >= 0.6 is 0 Å². The largest absolute Gasteiger partial charge is 0.324 e. The molecular weight excluding hydrogens is 362 g/mol. The summed E-state index contributed by atoms with van der Waals surface area (Å²) in [6.07, 6.45) is 0.910. The lowest BCUT2D eigenvalue weighted by atomic mass is 9.87. The first-order valence-electron chi connectivity index (χ1n) is 9.68. The van der Waals surface area contributed by atoms with Crippen LogP contribution in [-0.4, -0.2) is 50.1 Å². The Labute approximate surface area is 163 Å². The number of sulfonamides is 1. The van der Waals surface area contributed by atoms with Crippen molar-refractivity contribution in [3.05, 3.63) is 29.8 Å². The summed E-state index contributed by atoms with van der Waals surface area (Å²) in [6.45, 7) is 8.77. The monoisotopic (exact) mass is 395 g/mol. The Bertz CT molecular complexity index is 734. The zero-order valence-corrected chi connectivity index (χ0v) is 17.9. The van der Waals surface area contributed by atoms with Crippen molar-refractivity contribution >= 4 is 21.6 Å². The van der Waals surface area contributed by atoms with Gasteiger partial charge in [0.2, 0.25) is 15.9 Å². The van der Waals surface area contributed by atoms with Gasteiger partial charge in [0, 0.05) is 18.8 Å². The summed E-state index contributed by atoms with van der Waals surface area (Å²) in [4.78, 5) is 12.9. The van der Waals surface area contributed by atoms with Crippen molar-refractivity contribution in [1.29, 1.82) is 0 Å². The third-order valence-corrected chi connectivity index (χ3v) is 7.50. The van der Waals surface area contributed by atoms with E-state index in [2.05, 4.69) is 24.5 Å². The van der Waals surface area contributed by atoms with Crippen molar-refractivity contribution in [3.8, 4) is 0 Å². The van der Waals surface area contributed by atoms with Crippen molar-refractivity contribution in [1.82, 2.24) is 9.62 Å². The highest BCUT2D eigenvalue weighted by Crippen LogP contribution is 2.27. The van der Waals surface area contributed by atoms with E-state index in [1.165, 1.54) is 9.87 Å². The number of nitrogens with zero attached hydrogens (tertiary/aromatic N) is 1. The van der Waals surface area contributed by atoms with Crippen LogP contribution in [0.5, 0.6) is 0 Å². The number of hydrogen-bond donors (Lipinski definition) is 2. The van der Waals surface area contributed by atoms with Crippen molar-refractivity contribution in [2.75, 3.05) is 31.2 Å².